The molecule has 0 bridgehead atoms. The molecule has 2 atom stereocenters. The van der Waals surface area contributed by atoms with Crippen LogP contribution in [0.3, 0.4) is 0 Å². The zero-order valence-electron chi connectivity index (χ0n) is 10.9. The second-order valence-corrected chi connectivity index (χ2v) is 13.9. The third-order valence-electron chi connectivity index (χ3n) is 1.48. The molecular weight excluding hydrogens is 302 g/mol. The molecule has 11 heteroatoms. The zero-order chi connectivity index (χ0) is 13.7. The first-order valence-electron chi connectivity index (χ1n) is 4.86. The minimum absolute atomic E-state index is 1.30. The molecule has 0 aliphatic carbocycles. The molecule has 0 rings (SSSR count). The van der Waals surface area contributed by atoms with Crippen molar-refractivity contribution < 1.29 is 30.7 Å². The van der Waals surface area contributed by atoms with Crippen LogP contribution < -0.4 is 0 Å². The van der Waals surface area contributed by atoms with Crippen LogP contribution in [0.2, 0.25) is 26.2 Å². The maximum absolute atomic E-state index is 11.2. The molecule has 0 amide bonds. The molecule has 0 N–H and O–H groups in total. The summed E-state index contributed by atoms with van der Waals surface area (Å²) in [4.78, 5) is 0. The van der Waals surface area contributed by atoms with Gasteiger partial charge in [0.15, 0.2) is 0 Å². The van der Waals surface area contributed by atoms with Crippen molar-refractivity contribution in [3.8, 4) is 0 Å². The smallest absolute Gasteiger partial charge is 0.331 e. The van der Waals surface area contributed by atoms with E-state index in [0.717, 1.165) is 0 Å². The molecule has 0 aromatic rings. The zero-order valence-corrected chi connectivity index (χ0v) is 14.9. The average molecular weight is 322 g/mol. The Kier molecular flexibility index (Phi) is 7.62. The van der Waals surface area contributed by atoms with E-state index in [0.29, 0.717) is 0 Å². The number of rotatable bonds is 8. The summed E-state index contributed by atoms with van der Waals surface area (Å²) < 4.78 is 47.6. The fourth-order valence-corrected chi connectivity index (χ4v) is 10.8. The second-order valence-electron chi connectivity index (χ2n) is 4.01. The van der Waals surface area contributed by atoms with Gasteiger partial charge in [0.25, 0.3) is 0 Å². The highest BCUT2D eigenvalue weighted by molar-refractivity contribution is 7.36. The highest BCUT2D eigenvalue weighted by Crippen LogP contribution is 2.34. The van der Waals surface area contributed by atoms with Gasteiger partial charge in [0.05, 0.1) is 0 Å². The van der Waals surface area contributed by atoms with E-state index in [9.17, 15) is 9.13 Å². The standard InChI is InChI=1S/C6H20O7P2Si2/c1-9-14(7)11-16(3,4)13-17(5,6)12-15(8)10-2/h14-15H,1-6H3. The summed E-state index contributed by atoms with van der Waals surface area (Å²) in [5.41, 5.74) is 0. The van der Waals surface area contributed by atoms with Gasteiger partial charge in [0, 0.05) is 14.2 Å². The van der Waals surface area contributed by atoms with Crippen LogP contribution in [0, 0.1) is 0 Å². The maximum atomic E-state index is 11.2. The largest absolute Gasteiger partial charge is 0.415 e. The number of hydrogen-bond donors (Lipinski definition) is 0. The van der Waals surface area contributed by atoms with Gasteiger partial charge in [-0.3, -0.25) is 9.13 Å². The summed E-state index contributed by atoms with van der Waals surface area (Å²) in [6.07, 6.45) is 0. The van der Waals surface area contributed by atoms with Crippen molar-refractivity contribution in [3.63, 3.8) is 0 Å². The minimum Gasteiger partial charge on any atom is -0.415 e. The Hall–Kier alpha value is 0.694. The van der Waals surface area contributed by atoms with Crippen molar-refractivity contribution >= 4 is 33.6 Å². The maximum Gasteiger partial charge on any atom is 0.331 e. The minimum atomic E-state index is -2.64. The van der Waals surface area contributed by atoms with Crippen molar-refractivity contribution in [2.75, 3.05) is 14.2 Å². The Balaban J connectivity index is 4.46. The van der Waals surface area contributed by atoms with Gasteiger partial charge < -0.3 is 21.6 Å². The van der Waals surface area contributed by atoms with Crippen LogP contribution in [0.4, 0.5) is 0 Å². The van der Waals surface area contributed by atoms with Crippen molar-refractivity contribution in [2.45, 2.75) is 26.2 Å². The van der Waals surface area contributed by atoms with Crippen LogP contribution in [-0.2, 0) is 30.7 Å². The van der Waals surface area contributed by atoms with Crippen molar-refractivity contribution in [1.82, 2.24) is 0 Å². The summed E-state index contributed by atoms with van der Waals surface area (Å²) in [5, 5.41) is 0. The predicted molar refractivity (Wildman–Crippen MR) is 70.2 cm³/mol. The first-order valence-corrected chi connectivity index (χ1v) is 12.9. The van der Waals surface area contributed by atoms with Crippen LogP contribution in [0.25, 0.3) is 0 Å². The van der Waals surface area contributed by atoms with Gasteiger partial charge in [-0.25, -0.2) is 0 Å². The monoisotopic (exact) mass is 322 g/mol. The van der Waals surface area contributed by atoms with Crippen LogP contribution in [-0.4, -0.2) is 31.3 Å². The van der Waals surface area contributed by atoms with Gasteiger partial charge in [-0.2, -0.15) is 0 Å². The normalized spacial score (nSPS) is 16.8. The fourth-order valence-electron chi connectivity index (χ4n) is 1.12. The van der Waals surface area contributed by atoms with Crippen LogP contribution in [0.5, 0.6) is 0 Å². The van der Waals surface area contributed by atoms with Crippen molar-refractivity contribution in [3.05, 3.63) is 0 Å². The Bertz CT molecular complexity index is 268. The third kappa shape index (κ3) is 8.42. The van der Waals surface area contributed by atoms with Gasteiger partial charge in [0.2, 0.25) is 0 Å². The molecule has 7 nitrogen and oxygen atoms in total. The van der Waals surface area contributed by atoms with E-state index in [1.165, 1.54) is 14.2 Å². The molecule has 0 spiro atoms. The van der Waals surface area contributed by atoms with E-state index in [-0.39, 0.29) is 0 Å². The molecular formula is C6H20O7P2Si2. The van der Waals surface area contributed by atoms with E-state index in [1.54, 1.807) is 26.2 Å². The predicted octanol–water partition coefficient (Wildman–Crippen LogP) is 2.51. The average Bonchev–Trinajstić information content (AvgIpc) is 2.13. The van der Waals surface area contributed by atoms with E-state index < -0.39 is 33.6 Å². The van der Waals surface area contributed by atoms with Crippen LogP contribution in [0.1, 0.15) is 0 Å². The van der Waals surface area contributed by atoms with Gasteiger partial charge in [-0.1, -0.05) is 0 Å². The van der Waals surface area contributed by atoms with E-state index in [1.807, 2.05) is 0 Å². The summed E-state index contributed by atoms with van der Waals surface area (Å²) in [6.45, 7) is 6.88. The summed E-state index contributed by atoms with van der Waals surface area (Å²) in [6, 6.07) is 0. The quantitative estimate of drug-likeness (QED) is 0.501. The SMILES string of the molecule is CO[PH](=O)O[Si](C)(C)O[Si](C)(C)O[PH](=O)OC. The number of hydrogen-bond acceptors (Lipinski definition) is 7. The summed E-state index contributed by atoms with van der Waals surface area (Å²) >= 11 is 0. The van der Waals surface area contributed by atoms with Crippen molar-refractivity contribution in [1.29, 1.82) is 0 Å². The lowest BCUT2D eigenvalue weighted by Gasteiger charge is -2.31. The van der Waals surface area contributed by atoms with E-state index in [4.69, 9.17) is 12.5 Å². The molecule has 0 fully saturated rings. The molecule has 0 aliphatic heterocycles. The van der Waals surface area contributed by atoms with Crippen LogP contribution in [0.15, 0.2) is 0 Å². The van der Waals surface area contributed by atoms with Crippen molar-refractivity contribution in [2.24, 2.45) is 0 Å². The van der Waals surface area contributed by atoms with Gasteiger partial charge in [0.1, 0.15) is 0 Å². The van der Waals surface area contributed by atoms with Gasteiger partial charge in [-0.15, -0.1) is 0 Å². The molecule has 0 aromatic heterocycles. The molecule has 0 radical (unpaired) electrons. The highest BCUT2D eigenvalue weighted by atomic mass is 31.1. The first kappa shape index (κ1) is 17.7. The van der Waals surface area contributed by atoms with E-state index >= 15 is 0 Å². The third-order valence-corrected chi connectivity index (χ3v) is 11.3. The van der Waals surface area contributed by atoms with E-state index in [2.05, 4.69) is 9.05 Å². The highest BCUT2D eigenvalue weighted by Gasteiger charge is 2.39. The molecule has 2 unspecified atom stereocenters. The molecule has 0 saturated heterocycles. The molecule has 17 heavy (non-hydrogen) atoms. The second kappa shape index (κ2) is 7.32. The van der Waals surface area contributed by atoms with Gasteiger partial charge in [-0.05, 0) is 26.2 Å². The molecule has 0 aliphatic rings. The Labute approximate surface area is 105 Å². The summed E-state index contributed by atoms with van der Waals surface area (Å²) in [5.74, 6) is 0. The molecule has 0 aromatic carbocycles. The molecule has 0 saturated carbocycles. The molecule has 0 heterocycles. The topological polar surface area (TPSA) is 80.3 Å². The van der Waals surface area contributed by atoms with Crippen LogP contribution >= 0.6 is 16.5 Å². The van der Waals surface area contributed by atoms with Gasteiger partial charge >= 0.3 is 33.6 Å². The fraction of sp³-hybridized carbons (Fsp3) is 1.00. The Morgan fingerprint density at radius 1 is 0.765 bits per heavy atom. The summed E-state index contributed by atoms with van der Waals surface area (Å²) in [7, 11) is -7.75. The Morgan fingerprint density at radius 3 is 1.29 bits per heavy atom. The first-order chi connectivity index (χ1) is 7.62. The molecule has 104 valence electrons. The lowest BCUT2D eigenvalue weighted by Crippen LogP contribution is -2.46. The Morgan fingerprint density at radius 2 is 1.06 bits per heavy atom. The lowest BCUT2D eigenvalue weighted by atomic mass is 11.8. The lowest BCUT2D eigenvalue weighted by molar-refractivity contribution is 0.283.